The fourth-order valence-corrected chi connectivity index (χ4v) is 4.86. The van der Waals surface area contributed by atoms with E-state index in [0.717, 1.165) is 16.5 Å². The summed E-state index contributed by atoms with van der Waals surface area (Å²) in [6.45, 7) is 7.94. The molecule has 3 amide bonds. The van der Waals surface area contributed by atoms with Gasteiger partial charge in [-0.05, 0) is 42.7 Å². The number of carbonyl (C=O) groups excluding carboxylic acids is 3. The van der Waals surface area contributed by atoms with Crippen molar-refractivity contribution < 1.29 is 24.3 Å². The van der Waals surface area contributed by atoms with Crippen molar-refractivity contribution in [3.8, 4) is 0 Å². The van der Waals surface area contributed by atoms with E-state index in [1.807, 2.05) is 52.0 Å². The topological polar surface area (TPSA) is 158 Å². The number of nitrogens with zero attached hydrogens (tertiary/aromatic N) is 1. The summed E-state index contributed by atoms with van der Waals surface area (Å²) in [5, 5.41) is 16.1. The number of rotatable bonds is 11. The average molecular weight is 514 g/mol. The maximum atomic E-state index is 13.5. The van der Waals surface area contributed by atoms with E-state index < -0.39 is 42.0 Å². The average Bonchev–Trinajstić information content (AvgIpc) is 3.48. The predicted molar refractivity (Wildman–Crippen MR) is 141 cm³/mol. The summed E-state index contributed by atoms with van der Waals surface area (Å²) in [6.07, 6.45) is 3.37. The van der Waals surface area contributed by atoms with E-state index in [2.05, 4.69) is 15.6 Å². The number of aromatic amines is 1. The number of benzene rings is 1. The van der Waals surface area contributed by atoms with Crippen LogP contribution in [0.3, 0.4) is 0 Å². The van der Waals surface area contributed by atoms with Gasteiger partial charge < -0.3 is 31.4 Å². The fraction of sp³-hybridized carbons (Fsp3) is 0.556. The first-order valence-corrected chi connectivity index (χ1v) is 12.9. The Labute approximate surface area is 217 Å². The highest BCUT2D eigenvalue weighted by atomic mass is 16.4. The molecule has 10 nitrogen and oxygen atoms in total. The maximum Gasteiger partial charge on any atom is 0.326 e. The van der Waals surface area contributed by atoms with Crippen LogP contribution in [0.2, 0.25) is 0 Å². The Morgan fingerprint density at radius 3 is 2.49 bits per heavy atom. The molecule has 1 aromatic carbocycles. The van der Waals surface area contributed by atoms with Crippen molar-refractivity contribution in [1.82, 2.24) is 20.5 Å². The predicted octanol–water partition coefficient (Wildman–Crippen LogP) is 1.79. The lowest BCUT2D eigenvalue weighted by Gasteiger charge is -2.31. The number of fused-ring (bicyclic) bond motifs is 1. The monoisotopic (exact) mass is 513 g/mol. The smallest absolute Gasteiger partial charge is 0.326 e. The highest BCUT2D eigenvalue weighted by Crippen LogP contribution is 2.22. The number of nitrogens with one attached hydrogen (secondary N) is 3. The van der Waals surface area contributed by atoms with Crippen LogP contribution in [0.5, 0.6) is 0 Å². The van der Waals surface area contributed by atoms with E-state index in [9.17, 15) is 24.3 Å². The lowest BCUT2D eigenvalue weighted by Crippen LogP contribution is -2.58. The molecule has 1 fully saturated rings. The van der Waals surface area contributed by atoms with Gasteiger partial charge in [-0.1, -0.05) is 45.9 Å². The number of hydrogen-bond donors (Lipinski definition) is 5. The summed E-state index contributed by atoms with van der Waals surface area (Å²) in [5.74, 6) is -2.41. The van der Waals surface area contributed by atoms with Crippen molar-refractivity contribution >= 4 is 34.6 Å². The lowest BCUT2D eigenvalue weighted by atomic mass is 9.99. The third-order valence-electron chi connectivity index (χ3n) is 6.84. The number of carbonyl (C=O) groups is 4. The molecule has 0 saturated carbocycles. The van der Waals surface area contributed by atoms with Crippen LogP contribution >= 0.6 is 0 Å². The van der Waals surface area contributed by atoms with E-state index in [0.29, 0.717) is 25.8 Å². The highest BCUT2D eigenvalue weighted by molar-refractivity contribution is 5.95. The second-order valence-electron chi connectivity index (χ2n) is 10.6. The number of aromatic nitrogens is 1. The van der Waals surface area contributed by atoms with Crippen molar-refractivity contribution in [2.75, 3.05) is 6.54 Å². The SMILES string of the molecule is CC(C)CC(N)C(=O)NC(C(=O)N1CCCC1C(=O)NC(Cc1c[nH]c2ccccc12)C(=O)O)C(C)C. The molecular formula is C27H39N5O5. The summed E-state index contributed by atoms with van der Waals surface area (Å²) in [5.41, 5.74) is 7.68. The molecule has 3 rings (SSSR count). The summed E-state index contributed by atoms with van der Waals surface area (Å²) in [7, 11) is 0. The second kappa shape index (κ2) is 12.2. The fourth-order valence-electron chi connectivity index (χ4n) is 4.86. The number of aliphatic carboxylic acids is 1. The van der Waals surface area contributed by atoms with Gasteiger partial charge in [0.1, 0.15) is 18.1 Å². The van der Waals surface area contributed by atoms with Gasteiger partial charge in [0.05, 0.1) is 6.04 Å². The molecule has 202 valence electrons. The normalized spacial score (nSPS) is 18.1. The van der Waals surface area contributed by atoms with Crippen molar-refractivity contribution in [2.45, 2.75) is 77.5 Å². The number of amides is 3. The molecule has 4 unspecified atom stereocenters. The first-order chi connectivity index (χ1) is 17.5. The third-order valence-corrected chi connectivity index (χ3v) is 6.84. The first-order valence-electron chi connectivity index (χ1n) is 12.9. The standard InChI is InChI=1S/C27H39N5O5/c1-15(2)12-19(28)24(33)31-23(16(3)4)26(35)32-11-7-10-22(32)25(34)30-21(27(36)37)13-17-14-29-20-9-6-5-8-18(17)20/h5-6,8-9,14-16,19,21-23,29H,7,10-13,28H2,1-4H3,(H,30,34)(H,31,33)(H,36,37). The van der Waals surface area contributed by atoms with Crippen LogP contribution < -0.4 is 16.4 Å². The molecule has 0 aliphatic carbocycles. The van der Waals surface area contributed by atoms with Gasteiger partial charge >= 0.3 is 5.97 Å². The molecule has 1 aliphatic heterocycles. The van der Waals surface area contributed by atoms with Crippen molar-refractivity contribution in [1.29, 1.82) is 0 Å². The molecule has 0 radical (unpaired) electrons. The molecular weight excluding hydrogens is 474 g/mol. The van der Waals surface area contributed by atoms with Gasteiger partial charge in [-0.3, -0.25) is 14.4 Å². The first kappa shape index (κ1) is 28.2. The molecule has 10 heteroatoms. The summed E-state index contributed by atoms with van der Waals surface area (Å²) < 4.78 is 0. The molecule has 6 N–H and O–H groups in total. The zero-order valence-corrected chi connectivity index (χ0v) is 22.0. The molecule has 1 saturated heterocycles. The number of likely N-dealkylation sites (tertiary alicyclic amines) is 1. The number of nitrogens with two attached hydrogens (primary N) is 1. The molecule has 0 spiro atoms. The second-order valence-corrected chi connectivity index (χ2v) is 10.6. The number of para-hydroxylation sites is 1. The summed E-state index contributed by atoms with van der Waals surface area (Å²) in [6, 6.07) is 4.03. The van der Waals surface area contributed by atoms with E-state index in [-0.39, 0.29) is 24.2 Å². The maximum absolute atomic E-state index is 13.5. The Hall–Kier alpha value is -3.40. The van der Waals surface area contributed by atoms with Gasteiger partial charge in [0.15, 0.2) is 0 Å². The minimum atomic E-state index is -1.15. The van der Waals surface area contributed by atoms with Crippen LogP contribution in [-0.4, -0.2) is 69.4 Å². The van der Waals surface area contributed by atoms with Gasteiger partial charge in [-0.2, -0.15) is 0 Å². The Bertz CT molecular complexity index is 1130. The number of carboxylic acid groups (broad SMARTS) is 1. The van der Waals surface area contributed by atoms with Gasteiger partial charge in [-0.25, -0.2) is 4.79 Å². The molecule has 37 heavy (non-hydrogen) atoms. The molecule has 2 heterocycles. The van der Waals surface area contributed by atoms with Gasteiger partial charge in [0, 0.05) is 30.1 Å². The lowest BCUT2D eigenvalue weighted by molar-refractivity contribution is -0.145. The van der Waals surface area contributed by atoms with E-state index in [4.69, 9.17) is 5.73 Å². The number of H-pyrrole nitrogens is 1. The number of hydrogen-bond acceptors (Lipinski definition) is 5. The Balaban J connectivity index is 1.70. The van der Waals surface area contributed by atoms with Gasteiger partial charge in [0.25, 0.3) is 0 Å². The molecule has 2 aromatic rings. The van der Waals surface area contributed by atoms with Crippen molar-refractivity contribution in [3.63, 3.8) is 0 Å². The third kappa shape index (κ3) is 6.88. The quantitative estimate of drug-likeness (QED) is 0.308. The van der Waals surface area contributed by atoms with Gasteiger partial charge in [-0.15, -0.1) is 0 Å². The van der Waals surface area contributed by atoms with Crippen molar-refractivity contribution in [2.24, 2.45) is 17.6 Å². The summed E-state index contributed by atoms with van der Waals surface area (Å²) >= 11 is 0. The molecule has 4 atom stereocenters. The van der Waals surface area contributed by atoms with E-state index >= 15 is 0 Å². The molecule has 1 aromatic heterocycles. The van der Waals surface area contributed by atoms with E-state index in [1.54, 1.807) is 6.20 Å². The summed E-state index contributed by atoms with van der Waals surface area (Å²) in [4.78, 5) is 55.9. The van der Waals surface area contributed by atoms with Crippen LogP contribution in [0.25, 0.3) is 10.9 Å². The highest BCUT2D eigenvalue weighted by Gasteiger charge is 2.40. The van der Waals surface area contributed by atoms with Crippen LogP contribution in [-0.2, 0) is 25.6 Å². The minimum Gasteiger partial charge on any atom is -0.480 e. The van der Waals surface area contributed by atoms with Gasteiger partial charge in [0.2, 0.25) is 17.7 Å². The Kier molecular flexibility index (Phi) is 9.31. The Morgan fingerprint density at radius 2 is 1.84 bits per heavy atom. The Morgan fingerprint density at radius 1 is 1.14 bits per heavy atom. The molecule has 0 bridgehead atoms. The molecule has 1 aliphatic rings. The van der Waals surface area contributed by atoms with Crippen LogP contribution in [0.1, 0.15) is 52.5 Å². The largest absolute Gasteiger partial charge is 0.480 e. The van der Waals surface area contributed by atoms with Crippen LogP contribution in [0.4, 0.5) is 0 Å². The zero-order chi connectivity index (χ0) is 27.3. The van der Waals surface area contributed by atoms with Crippen molar-refractivity contribution in [3.05, 3.63) is 36.0 Å². The van der Waals surface area contributed by atoms with Crippen LogP contribution in [0, 0.1) is 11.8 Å². The minimum absolute atomic E-state index is 0.101. The zero-order valence-electron chi connectivity index (χ0n) is 22.0. The van der Waals surface area contributed by atoms with Crippen LogP contribution in [0.15, 0.2) is 30.5 Å². The number of carboxylic acids is 1. The van der Waals surface area contributed by atoms with E-state index in [1.165, 1.54) is 4.90 Å².